The third kappa shape index (κ3) is 4.88. The lowest BCUT2D eigenvalue weighted by molar-refractivity contribution is -0.117. The molecule has 5 aromatic rings. The standard InChI is InChI=1S/C29H24N4O4/c1-36-29(35)27-11-10-22(37-27)18-33-17-21(24-7-3-5-9-26(24)33)14-20(15-30)28(34)31-13-12-19-16-32-25-8-4-2-6-23(19)25/h2-11,14,16-17,32H,12-13,18H2,1H3,(H,31,34)/b20-14-. The Balaban J connectivity index is 1.34. The van der Waals surface area contributed by atoms with Crippen molar-refractivity contribution in [3.63, 3.8) is 0 Å². The van der Waals surface area contributed by atoms with E-state index in [1.807, 2.05) is 71.6 Å². The lowest BCUT2D eigenvalue weighted by atomic mass is 10.1. The number of fused-ring (bicyclic) bond motifs is 2. The minimum atomic E-state index is -0.540. The van der Waals surface area contributed by atoms with E-state index in [9.17, 15) is 14.9 Å². The number of aromatic nitrogens is 2. The Hall–Kier alpha value is -5.03. The zero-order chi connectivity index (χ0) is 25.8. The summed E-state index contributed by atoms with van der Waals surface area (Å²) >= 11 is 0. The third-order valence-electron chi connectivity index (χ3n) is 6.21. The Morgan fingerprint density at radius 2 is 1.89 bits per heavy atom. The van der Waals surface area contributed by atoms with Gasteiger partial charge in [0, 0.05) is 46.3 Å². The van der Waals surface area contributed by atoms with Crippen molar-refractivity contribution in [1.82, 2.24) is 14.9 Å². The summed E-state index contributed by atoms with van der Waals surface area (Å²) in [6.07, 6.45) is 6.05. The van der Waals surface area contributed by atoms with E-state index < -0.39 is 11.9 Å². The van der Waals surface area contributed by atoms with E-state index in [0.717, 1.165) is 32.9 Å². The maximum Gasteiger partial charge on any atom is 0.373 e. The highest BCUT2D eigenvalue weighted by Crippen LogP contribution is 2.25. The summed E-state index contributed by atoms with van der Waals surface area (Å²) in [5.74, 6) is -0.258. The van der Waals surface area contributed by atoms with Gasteiger partial charge in [0.25, 0.3) is 5.91 Å². The van der Waals surface area contributed by atoms with Crippen LogP contribution in [0.15, 0.2) is 83.0 Å². The average molecular weight is 493 g/mol. The fourth-order valence-corrected chi connectivity index (χ4v) is 4.41. The predicted octanol–water partition coefficient (Wildman–Crippen LogP) is 4.82. The van der Waals surface area contributed by atoms with Gasteiger partial charge in [-0.05, 0) is 42.3 Å². The van der Waals surface area contributed by atoms with Gasteiger partial charge in [0.1, 0.15) is 17.4 Å². The molecule has 1 amide bonds. The molecule has 8 nitrogen and oxygen atoms in total. The van der Waals surface area contributed by atoms with E-state index in [1.165, 1.54) is 7.11 Å². The number of methoxy groups -OCH3 is 1. The number of carbonyl (C=O) groups excluding carboxylic acids is 2. The second-order valence-corrected chi connectivity index (χ2v) is 8.52. The second-order valence-electron chi connectivity index (χ2n) is 8.52. The lowest BCUT2D eigenvalue weighted by Crippen LogP contribution is -2.26. The maximum atomic E-state index is 12.8. The first kappa shape index (κ1) is 23.7. The van der Waals surface area contributed by atoms with Crippen LogP contribution in [0.2, 0.25) is 0 Å². The molecule has 5 rings (SSSR count). The van der Waals surface area contributed by atoms with E-state index in [2.05, 4.69) is 10.3 Å². The van der Waals surface area contributed by atoms with E-state index in [-0.39, 0.29) is 11.3 Å². The molecule has 0 aliphatic rings. The molecule has 184 valence electrons. The number of H-pyrrole nitrogens is 1. The van der Waals surface area contributed by atoms with Gasteiger partial charge in [-0.25, -0.2) is 4.79 Å². The lowest BCUT2D eigenvalue weighted by Gasteiger charge is -2.04. The molecule has 0 radical (unpaired) electrons. The first-order valence-corrected chi connectivity index (χ1v) is 11.8. The van der Waals surface area contributed by atoms with Crippen molar-refractivity contribution >= 4 is 39.8 Å². The highest BCUT2D eigenvalue weighted by atomic mass is 16.5. The van der Waals surface area contributed by atoms with E-state index >= 15 is 0 Å². The molecule has 0 atom stereocenters. The van der Waals surface area contributed by atoms with Crippen LogP contribution >= 0.6 is 0 Å². The first-order chi connectivity index (χ1) is 18.1. The van der Waals surface area contributed by atoms with Crippen LogP contribution in [0.25, 0.3) is 27.9 Å². The molecular weight excluding hydrogens is 468 g/mol. The molecule has 0 aliphatic carbocycles. The van der Waals surface area contributed by atoms with Crippen LogP contribution in [0.4, 0.5) is 0 Å². The van der Waals surface area contributed by atoms with Gasteiger partial charge in [-0.15, -0.1) is 0 Å². The highest BCUT2D eigenvalue weighted by molar-refractivity contribution is 6.04. The Labute approximate surface area is 212 Å². The molecule has 3 aromatic heterocycles. The van der Waals surface area contributed by atoms with Crippen LogP contribution in [0.3, 0.4) is 0 Å². The largest absolute Gasteiger partial charge is 0.463 e. The average Bonchev–Trinajstić information content (AvgIpc) is 3.65. The predicted molar refractivity (Wildman–Crippen MR) is 140 cm³/mol. The van der Waals surface area contributed by atoms with E-state index in [0.29, 0.717) is 25.3 Å². The van der Waals surface area contributed by atoms with Gasteiger partial charge in [0.05, 0.1) is 13.7 Å². The number of furan rings is 1. The molecule has 0 saturated heterocycles. The summed E-state index contributed by atoms with van der Waals surface area (Å²) in [6.45, 7) is 0.770. The van der Waals surface area contributed by atoms with Crippen molar-refractivity contribution in [2.24, 2.45) is 0 Å². The molecule has 8 heteroatoms. The Kier molecular flexibility index (Phi) is 6.60. The van der Waals surface area contributed by atoms with Crippen molar-refractivity contribution in [2.75, 3.05) is 13.7 Å². The third-order valence-corrected chi connectivity index (χ3v) is 6.21. The van der Waals surface area contributed by atoms with E-state index in [4.69, 9.17) is 9.15 Å². The molecule has 0 saturated carbocycles. The first-order valence-electron chi connectivity index (χ1n) is 11.8. The number of nitrogens with one attached hydrogen (secondary N) is 2. The number of nitriles is 1. The van der Waals surface area contributed by atoms with Crippen molar-refractivity contribution in [3.8, 4) is 6.07 Å². The van der Waals surface area contributed by atoms with Crippen LogP contribution < -0.4 is 5.32 Å². The number of nitrogens with zero attached hydrogens (tertiary/aromatic N) is 2. The Morgan fingerprint density at radius 3 is 2.70 bits per heavy atom. The Morgan fingerprint density at radius 1 is 1.11 bits per heavy atom. The van der Waals surface area contributed by atoms with Crippen molar-refractivity contribution in [2.45, 2.75) is 13.0 Å². The number of carbonyl (C=O) groups is 2. The summed E-state index contributed by atoms with van der Waals surface area (Å²) < 4.78 is 12.3. The van der Waals surface area contributed by atoms with Gasteiger partial charge in [0.15, 0.2) is 0 Å². The van der Waals surface area contributed by atoms with Crippen molar-refractivity contribution in [3.05, 3.63) is 101 Å². The zero-order valence-electron chi connectivity index (χ0n) is 20.2. The minimum Gasteiger partial charge on any atom is -0.463 e. The molecule has 2 N–H and O–H groups in total. The molecule has 0 spiro atoms. The fourth-order valence-electron chi connectivity index (χ4n) is 4.41. The minimum absolute atomic E-state index is 0.0211. The molecule has 3 heterocycles. The monoisotopic (exact) mass is 492 g/mol. The summed E-state index contributed by atoms with van der Waals surface area (Å²) in [6, 6.07) is 21.0. The van der Waals surface area contributed by atoms with Crippen LogP contribution in [-0.2, 0) is 22.5 Å². The number of benzene rings is 2. The molecule has 0 aliphatic heterocycles. The van der Waals surface area contributed by atoms with Gasteiger partial charge < -0.3 is 24.0 Å². The van der Waals surface area contributed by atoms with Gasteiger partial charge >= 0.3 is 5.97 Å². The molecule has 0 fully saturated rings. The van der Waals surface area contributed by atoms with Gasteiger partial charge in [-0.1, -0.05) is 36.4 Å². The molecule has 37 heavy (non-hydrogen) atoms. The van der Waals surface area contributed by atoms with Gasteiger partial charge in [-0.2, -0.15) is 5.26 Å². The normalized spacial score (nSPS) is 11.5. The quantitative estimate of drug-likeness (QED) is 0.183. The number of para-hydroxylation sites is 2. The number of rotatable bonds is 8. The summed E-state index contributed by atoms with van der Waals surface area (Å²) in [5.41, 5.74) is 3.82. The van der Waals surface area contributed by atoms with Crippen LogP contribution in [-0.4, -0.2) is 35.1 Å². The molecule has 0 bridgehead atoms. The molecule has 2 aromatic carbocycles. The Bertz CT molecular complexity index is 1680. The highest BCUT2D eigenvalue weighted by Gasteiger charge is 2.15. The smallest absolute Gasteiger partial charge is 0.373 e. The number of aromatic amines is 1. The van der Waals surface area contributed by atoms with Gasteiger partial charge in [0.2, 0.25) is 5.76 Å². The summed E-state index contributed by atoms with van der Waals surface area (Å²) in [7, 11) is 1.30. The van der Waals surface area contributed by atoms with Crippen molar-refractivity contribution in [1.29, 1.82) is 5.26 Å². The van der Waals surface area contributed by atoms with Crippen LogP contribution in [0.1, 0.15) is 27.4 Å². The SMILES string of the molecule is COC(=O)c1ccc(Cn2cc(/C=C(/C#N)C(=O)NCCc3c[nH]c4ccccc34)c3ccccc32)o1. The fraction of sp³-hybridized carbons (Fsp3) is 0.138. The van der Waals surface area contributed by atoms with Crippen LogP contribution in [0, 0.1) is 11.3 Å². The maximum absolute atomic E-state index is 12.8. The summed E-state index contributed by atoms with van der Waals surface area (Å²) in [5, 5.41) is 14.6. The second kappa shape index (κ2) is 10.3. The van der Waals surface area contributed by atoms with Crippen molar-refractivity contribution < 1.29 is 18.7 Å². The molecular formula is C29H24N4O4. The number of hydrogen-bond acceptors (Lipinski definition) is 5. The number of ether oxygens (including phenoxy) is 1. The van der Waals surface area contributed by atoms with Crippen LogP contribution in [0.5, 0.6) is 0 Å². The topological polar surface area (TPSA) is 113 Å². The number of esters is 1. The van der Waals surface area contributed by atoms with E-state index in [1.54, 1.807) is 18.2 Å². The zero-order valence-corrected chi connectivity index (χ0v) is 20.2. The number of amides is 1. The summed E-state index contributed by atoms with van der Waals surface area (Å²) in [4.78, 5) is 27.8. The molecule has 0 unspecified atom stereocenters. The van der Waals surface area contributed by atoms with Gasteiger partial charge in [-0.3, -0.25) is 4.79 Å². The number of hydrogen-bond donors (Lipinski definition) is 2.